The van der Waals surface area contributed by atoms with Crippen LogP contribution in [0.4, 0.5) is 5.69 Å². The van der Waals surface area contributed by atoms with Gasteiger partial charge in [0.1, 0.15) is 11.8 Å². The number of aromatic nitrogens is 4. The van der Waals surface area contributed by atoms with Gasteiger partial charge < -0.3 is 14.9 Å². The van der Waals surface area contributed by atoms with Crippen LogP contribution in [0.1, 0.15) is 13.0 Å². The maximum atomic E-state index is 12.9. The van der Waals surface area contributed by atoms with Crippen LogP contribution in [0.5, 0.6) is 5.75 Å². The number of anilines is 1. The highest BCUT2D eigenvalue weighted by Gasteiger charge is 2.28. The van der Waals surface area contributed by atoms with Gasteiger partial charge in [-0.05, 0) is 24.3 Å². The molecule has 2 aromatic carbocycles. The minimum atomic E-state index is -0.526. The summed E-state index contributed by atoms with van der Waals surface area (Å²) in [6.45, 7) is 4.27. The molecule has 0 radical (unpaired) electrons. The summed E-state index contributed by atoms with van der Waals surface area (Å²) in [5.41, 5.74) is 1.66. The zero-order valence-corrected chi connectivity index (χ0v) is 15.6. The molecule has 0 saturated carbocycles. The molecule has 0 aliphatic carbocycles. The van der Waals surface area contributed by atoms with Gasteiger partial charge in [0.05, 0.1) is 5.69 Å². The molecule has 8 heteroatoms. The number of nitrogens with zero attached hydrogens (tertiary/aromatic N) is 6. The Morgan fingerprint density at radius 1 is 1.00 bits per heavy atom. The normalized spacial score (nSPS) is 15.5. The lowest BCUT2D eigenvalue weighted by atomic mass is 10.2. The summed E-state index contributed by atoms with van der Waals surface area (Å²) in [5.74, 6) is 0.731. The first kappa shape index (κ1) is 18.0. The molecule has 1 aliphatic heterocycles. The van der Waals surface area contributed by atoms with Crippen molar-refractivity contribution in [3.63, 3.8) is 0 Å². The molecular formula is C20H22N6O2. The van der Waals surface area contributed by atoms with Crippen LogP contribution < -0.4 is 4.90 Å². The Balaban J connectivity index is 1.40. The number of carbonyl (C=O) groups is 1. The van der Waals surface area contributed by atoms with Crippen molar-refractivity contribution in [3.8, 4) is 17.1 Å². The summed E-state index contributed by atoms with van der Waals surface area (Å²) in [4.78, 5) is 18.2. The van der Waals surface area contributed by atoms with Crippen LogP contribution in [-0.2, 0) is 4.79 Å². The van der Waals surface area contributed by atoms with Gasteiger partial charge in [-0.25, -0.2) is 0 Å². The first-order valence-electron chi connectivity index (χ1n) is 9.30. The van der Waals surface area contributed by atoms with Crippen molar-refractivity contribution in [2.75, 3.05) is 31.1 Å². The summed E-state index contributed by atoms with van der Waals surface area (Å²) < 4.78 is 0. The largest absolute Gasteiger partial charge is 0.506 e. The van der Waals surface area contributed by atoms with Crippen LogP contribution in [0.15, 0.2) is 54.6 Å². The molecule has 0 spiro atoms. The van der Waals surface area contributed by atoms with Gasteiger partial charge in [0, 0.05) is 31.7 Å². The lowest BCUT2D eigenvalue weighted by molar-refractivity contribution is -0.135. The highest BCUT2D eigenvalue weighted by Crippen LogP contribution is 2.27. The maximum Gasteiger partial charge on any atom is 0.249 e. The Morgan fingerprint density at radius 3 is 2.39 bits per heavy atom. The fraction of sp³-hybridized carbons (Fsp3) is 0.300. The predicted molar refractivity (Wildman–Crippen MR) is 105 cm³/mol. The van der Waals surface area contributed by atoms with E-state index in [9.17, 15) is 9.90 Å². The predicted octanol–water partition coefficient (Wildman–Crippen LogP) is 1.96. The van der Waals surface area contributed by atoms with Gasteiger partial charge >= 0.3 is 0 Å². The molecule has 8 nitrogen and oxygen atoms in total. The fourth-order valence-corrected chi connectivity index (χ4v) is 3.35. The van der Waals surface area contributed by atoms with Gasteiger partial charge in [0.15, 0.2) is 0 Å². The first-order valence-corrected chi connectivity index (χ1v) is 9.30. The monoisotopic (exact) mass is 378 g/mol. The quantitative estimate of drug-likeness (QED) is 0.747. The van der Waals surface area contributed by atoms with E-state index >= 15 is 0 Å². The van der Waals surface area contributed by atoms with Gasteiger partial charge in [0.2, 0.25) is 11.7 Å². The van der Waals surface area contributed by atoms with Crippen molar-refractivity contribution < 1.29 is 9.90 Å². The van der Waals surface area contributed by atoms with E-state index in [2.05, 4.69) is 20.3 Å². The maximum absolute atomic E-state index is 12.9. The summed E-state index contributed by atoms with van der Waals surface area (Å²) in [5, 5.41) is 22.5. The number of para-hydroxylation sites is 2. The molecule has 2 heterocycles. The van der Waals surface area contributed by atoms with Gasteiger partial charge in [-0.1, -0.05) is 42.5 Å². The molecule has 1 fully saturated rings. The summed E-state index contributed by atoms with van der Waals surface area (Å²) in [6.07, 6.45) is 0. The van der Waals surface area contributed by atoms with E-state index in [0.717, 1.165) is 11.3 Å². The van der Waals surface area contributed by atoms with Crippen molar-refractivity contribution in [2.24, 2.45) is 0 Å². The lowest BCUT2D eigenvalue weighted by Crippen LogP contribution is -2.50. The van der Waals surface area contributed by atoms with E-state index < -0.39 is 6.04 Å². The number of phenols is 1. The Labute approximate surface area is 163 Å². The summed E-state index contributed by atoms with van der Waals surface area (Å²) in [7, 11) is 0. The van der Waals surface area contributed by atoms with E-state index in [1.807, 2.05) is 47.4 Å². The lowest BCUT2D eigenvalue weighted by Gasteiger charge is -2.37. The molecule has 4 rings (SSSR count). The van der Waals surface area contributed by atoms with Crippen molar-refractivity contribution in [1.82, 2.24) is 25.1 Å². The number of hydrogen-bond donors (Lipinski definition) is 1. The average Bonchev–Trinajstić information content (AvgIpc) is 3.24. The van der Waals surface area contributed by atoms with Gasteiger partial charge in [-0.2, -0.15) is 4.80 Å². The number of piperazine rings is 1. The van der Waals surface area contributed by atoms with Crippen LogP contribution >= 0.6 is 0 Å². The Bertz CT molecular complexity index is 950. The third-order valence-corrected chi connectivity index (χ3v) is 4.98. The van der Waals surface area contributed by atoms with Crippen molar-refractivity contribution in [3.05, 3.63) is 54.6 Å². The zero-order valence-electron chi connectivity index (χ0n) is 15.6. The van der Waals surface area contributed by atoms with E-state index in [1.54, 1.807) is 19.1 Å². The number of rotatable bonds is 4. The molecule has 0 bridgehead atoms. The number of phenolic OH excluding ortho intramolecular Hbond substituents is 1. The molecule has 1 aliphatic rings. The van der Waals surface area contributed by atoms with Crippen molar-refractivity contribution >= 4 is 11.6 Å². The molecule has 3 aromatic rings. The van der Waals surface area contributed by atoms with E-state index in [4.69, 9.17) is 0 Å². The highest BCUT2D eigenvalue weighted by atomic mass is 16.3. The molecule has 1 atom stereocenters. The molecule has 1 saturated heterocycles. The van der Waals surface area contributed by atoms with Crippen LogP contribution in [0.3, 0.4) is 0 Å². The number of benzene rings is 2. The van der Waals surface area contributed by atoms with Gasteiger partial charge in [-0.3, -0.25) is 4.79 Å². The summed E-state index contributed by atoms with van der Waals surface area (Å²) in [6, 6.07) is 16.3. The number of carbonyl (C=O) groups excluding carboxylic acids is 1. The number of hydrogen-bond acceptors (Lipinski definition) is 6. The second-order valence-corrected chi connectivity index (χ2v) is 6.78. The van der Waals surface area contributed by atoms with E-state index in [-0.39, 0.29) is 11.7 Å². The number of amides is 1. The molecule has 1 aromatic heterocycles. The van der Waals surface area contributed by atoms with Crippen LogP contribution in [-0.4, -0.2) is 62.3 Å². The first-order chi connectivity index (χ1) is 13.6. The molecular weight excluding hydrogens is 356 g/mol. The smallest absolute Gasteiger partial charge is 0.249 e. The zero-order chi connectivity index (χ0) is 19.5. The standard InChI is InChI=1S/C20H22N6O2/c1-15(26-22-19(21-23-26)16-7-3-2-4-8-16)20(28)25-13-11-24(12-14-25)17-9-5-6-10-18(17)27/h2-10,15,27H,11-14H2,1H3. The molecule has 1 N–H and O–H groups in total. The van der Waals surface area contributed by atoms with Crippen LogP contribution in [0.25, 0.3) is 11.4 Å². The van der Waals surface area contributed by atoms with Gasteiger partial charge in [0.25, 0.3) is 0 Å². The van der Waals surface area contributed by atoms with Crippen LogP contribution in [0, 0.1) is 0 Å². The van der Waals surface area contributed by atoms with E-state index in [1.165, 1.54) is 4.80 Å². The molecule has 1 unspecified atom stereocenters. The average molecular weight is 378 g/mol. The number of tetrazole rings is 1. The molecule has 144 valence electrons. The second kappa shape index (κ2) is 7.67. The fourth-order valence-electron chi connectivity index (χ4n) is 3.35. The third kappa shape index (κ3) is 3.53. The third-order valence-electron chi connectivity index (χ3n) is 4.98. The van der Waals surface area contributed by atoms with Gasteiger partial charge in [-0.15, -0.1) is 10.2 Å². The minimum absolute atomic E-state index is 0.0334. The van der Waals surface area contributed by atoms with Crippen LogP contribution in [0.2, 0.25) is 0 Å². The molecule has 28 heavy (non-hydrogen) atoms. The molecule has 1 amide bonds. The van der Waals surface area contributed by atoms with Crippen molar-refractivity contribution in [2.45, 2.75) is 13.0 Å². The van der Waals surface area contributed by atoms with E-state index in [0.29, 0.717) is 32.0 Å². The SMILES string of the molecule is CC(C(=O)N1CCN(c2ccccc2O)CC1)n1nnc(-c2ccccc2)n1. The number of aromatic hydroxyl groups is 1. The second-order valence-electron chi connectivity index (χ2n) is 6.78. The Hall–Kier alpha value is -3.42. The topological polar surface area (TPSA) is 87.4 Å². The Morgan fingerprint density at radius 2 is 1.68 bits per heavy atom. The minimum Gasteiger partial charge on any atom is -0.506 e. The summed E-state index contributed by atoms with van der Waals surface area (Å²) >= 11 is 0. The Kier molecular flexibility index (Phi) is 4.92. The highest BCUT2D eigenvalue weighted by molar-refractivity contribution is 5.80. The van der Waals surface area contributed by atoms with Crippen molar-refractivity contribution in [1.29, 1.82) is 0 Å².